The Labute approximate surface area is 397 Å². The first-order valence-corrected chi connectivity index (χ1v) is 23.5. The van der Waals surface area contributed by atoms with E-state index in [1.54, 1.807) is 41.5 Å². The number of ether oxygens (including phenoxy) is 2. The number of hydrogen-bond donors (Lipinski definition) is 6. The Bertz CT molecular complexity index is 1940. The van der Waals surface area contributed by atoms with Crippen LogP contribution in [0.4, 0.5) is 9.59 Å². The predicted octanol–water partition coefficient (Wildman–Crippen LogP) is 5.51. The van der Waals surface area contributed by atoms with Crippen molar-refractivity contribution in [1.29, 1.82) is 0 Å². The van der Waals surface area contributed by atoms with Crippen LogP contribution in [0.5, 0.6) is 0 Å². The summed E-state index contributed by atoms with van der Waals surface area (Å²) in [6, 6.07) is 15.4. The summed E-state index contributed by atoms with van der Waals surface area (Å²) in [5.41, 5.74) is 4.82. The average Bonchev–Trinajstić information content (AvgIpc) is 3.23. The Morgan fingerprint density at radius 3 is 1.85 bits per heavy atom. The molecular formula is C50H77N7O10. The number of nitrogens with two attached hydrogens (primary N) is 1. The smallest absolute Gasteiger partial charge is 0.410 e. The standard InChI is InChI=1S/C50H77N7O10/c1-33(2)29-39(42(59)54-38(23-17-18-26-52-46(64)66-48(5,6)7)44(61)56-27-24-50(51,25-28-56)45(62)63)55-43(60)40(30-35-19-13-11-14-20-35)53-41(58)32-57(47(65)67-49(8,9)10)31-37(34(3)4)36-21-15-12-16-22-36/h11-16,19-22,33-34,37-40H,17-18,23-32,51H2,1-10H3,(H,52,64)(H,53,58)(H,54,59)(H,55,60)(H,62,63)/t37-,38-,39-,40-/m1/s1. The van der Waals surface area contributed by atoms with E-state index in [4.69, 9.17) is 15.2 Å². The molecule has 0 unspecified atom stereocenters. The highest BCUT2D eigenvalue weighted by molar-refractivity contribution is 5.95. The summed E-state index contributed by atoms with van der Waals surface area (Å²) in [5, 5.41) is 21.0. The van der Waals surface area contributed by atoms with Gasteiger partial charge in [-0.05, 0) is 103 Å². The van der Waals surface area contributed by atoms with Crippen molar-refractivity contribution in [2.45, 2.75) is 155 Å². The van der Waals surface area contributed by atoms with Crippen LogP contribution in [0.15, 0.2) is 60.7 Å². The minimum atomic E-state index is -1.48. The van der Waals surface area contributed by atoms with Gasteiger partial charge in [-0.15, -0.1) is 0 Å². The molecule has 0 radical (unpaired) electrons. The molecule has 2 aromatic carbocycles. The molecule has 0 spiro atoms. The second kappa shape index (κ2) is 25.4. The Morgan fingerprint density at radius 2 is 1.31 bits per heavy atom. The number of unbranched alkanes of at least 4 members (excludes halogenated alkanes) is 1. The van der Waals surface area contributed by atoms with Gasteiger partial charge in [0, 0.05) is 38.5 Å². The van der Waals surface area contributed by atoms with E-state index in [0.29, 0.717) is 12.8 Å². The van der Waals surface area contributed by atoms with Crippen molar-refractivity contribution in [3.63, 3.8) is 0 Å². The van der Waals surface area contributed by atoms with Gasteiger partial charge in [-0.1, -0.05) is 88.4 Å². The van der Waals surface area contributed by atoms with Crippen LogP contribution in [-0.4, -0.2) is 124 Å². The predicted molar refractivity (Wildman–Crippen MR) is 256 cm³/mol. The Morgan fingerprint density at radius 1 is 0.761 bits per heavy atom. The number of carbonyl (C=O) groups excluding carboxylic acids is 6. The second-order valence-corrected chi connectivity index (χ2v) is 20.4. The Balaban J connectivity index is 1.87. The van der Waals surface area contributed by atoms with Crippen molar-refractivity contribution in [2.75, 3.05) is 32.7 Å². The maximum Gasteiger partial charge on any atom is 0.410 e. The minimum absolute atomic E-state index is 0.0238. The van der Waals surface area contributed by atoms with Crippen molar-refractivity contribution in [3.05, 3.63) is 71.8 Å². The highest BCUT2D eigenvalue weighted by Crippen LogP contribution is 2.27. The number of alkyl carbamates (subject to hydrolysis) is 1. The van der Waals surface area contributed by atoms with Crippen LogP contribution in [0, 0.1) is 11.8 Å². The lowest BCUT2D eigenvalue weighted by molar-refractivity contribution is -0.148. The number of piperidine rings is 1. The number of nitrogens with one attached hydrogen (secondary N) is 4. The molecular weight excluding hydrogens is 859 g/mol. The first-order chi connectivity index (χ1) is 31.3. The van der Waals surface area contributed by atoms with Crippen molar-refractivity contribution in [3.8, 4) is 0 Å². The van der Waals surface area contributed by atoms with Crippen LogP contribution in [0.1, 0.15) is 125 Å². The van der Waals surface area contributed by atoms with Gasteiger partial charge >= 0.3 is 18.2 Å². The summed E-state index contributed by atoms with van der Waals surface area (Å²) in [6.45, 7) is 18.5. The first-order valence-electron chi connectivity index (χ1n) is 23.5. The number of carbonyl (C=O) groups is 7. The highest BCUT2D eigenvalue weighted by atomic mass is 16.6. The number of aliphatic carboxylic acids is 1. The van der Waals surface area contributed by atoms with Crippen LogP contribution in [0.2, 0.25) is 0 Å². The summed E-state index contributed by atoms with van der Waals surface area (Å²) in [7, 11) is 0. The highest BCUT2D eigenvalue weighted by Gasteiger charge is 2.41. The van der Waals surface area contributed by atoms with Gasteiger partial charge in [0.15, 0.2) is 0 Å². The van der Waals surface area contributed by atoms with Gasteiger partial charge < -0.3 is 46.5 Å². The zero-order valence-electron chi connectivity index (χ0n) is 41.3. The molecule has 1 fully saturated rings. The van der Waals surface area contributed by atoms with Crippen molar-refractivity contribution < 1.29 is 48.1 Å². The molecule has 1 heterocycles. The number of likely N-dealkylation sites (tertiary alicyclic amines) is 1. The fourth-order valence-corrected chi connectivity index (χ4v) is 7.68. The van der Waals surface area contributed by atoms with Crippen molar-refractivity contribution in [2.24, 2.45) is 17.6 Å². The summed E-state index contributed by atoms with van der Waals surface area (Å²) in [6.07, 6.45) is 0.0675. The Hall–Kier alpha value is -5.71. The zero-order valence-corrected chi connectivity index (χ0v) is 41.3. The molecule has 372 valence electrons. The Kier molecular flexibility index (Phi) is 21.1. The fraction of sp³-hybridized carbons (Fsp3) is 0.620. The van der Waals surface area contributed by atoms with E-state index >= 15 is 0 Å². The van der Waals surface area contributed by atoms with Gasteiger partial charge in [0.2, 0.25) is 23.6 Å². The number of carboxylic acids is 1. The lowest BCUT2D eigenvalue weighted by atomic mass is 9.88. The molecule has 0 saturated carbocycles. The van der Waals surface area contributed by atoms with E-state index in [1.807, 2.05) is 88.4 Å². The van der Waals surface area contributed by atoms with Gasteiger partial charge in [-0.3, -0.25) is 28.9 Å². The number of hydrogen-bond acceptors (Lipinski definition) is 10. The van der Waals surface area contributed by atoms with E-state index < -0.39 is 83.2 Å². The van der Waals surface area contributed by atoms with E-state index in [9.17, 15) is 38.7 Å². The maximum absolute atomic E-state index is 14.4. The molecule has 1 saturated heterocycles. The lowest BCUT2D eigenvalue weighted by Crippen LogP contribution is -2.60. The van der Waals surface area contributed by atoms with Gasteiger partial charge in [-0.2, -0.15) is 0 Å². The van der Waals surface area contributed by atoms with Crippen LogP contribution in [0.3, 0.4) is 0 Å². The molecule has 2 aromatic rings. The molecule has 0 bridgehead atoms. The van der Waals surface area contributed by atoms with Gasteiger partial charge in [0.1, 0.15) is 41.4 Å². The minimum Gasteiger partial charge on any atom is -0.480 e. The third-order valence-corrected chi connectivity index (χ3v) is 11.3. The van der Waals surface area contributed by atoms with Crippen molar-refractivity contribution in [1.82, 2.24) is 31.1 Å². The van der Waals surface area contributed by atoms with E-state index in [-0.39, 0.29) is 76.0 Å². The number of rotatable bonds is 22. The van der Waals surface area contributed by atoms with Gasteiger partial charge in [0.25, 0.3) is 0 Å². The normalized spacial score (nSPS) is 15.6. The largest absolute Gasteiger partial charge is 0.480 e. The summed E-state index contributed by atoms with van der Waals surface area (Å²) >= 11 is 0. The quantitative estimate of drug-likeness (QED) is 0.0806. The molecule has 4 atom stereocenters. The monoisotopic (exact) mass is 936 g/mol. The van der Waals surface area contributed by atoms with Gasteiger partial charge in [-0.25, -0.2) is 9.59 Å². The zero-order chi connectivity index (χ0) is 50.1. The first kappa shape index (κ1) is 55.6. The summed E-state index contributed by atoms with van der Waals surface area (Å²) in [5.74, 6) is -3.60. The molecule has 6 amide bonds. The van der Waals surface area contributed by atoms with Crippen LogP contribution in [0.25, 0.3) is 0 Å². The van der Waals surface area contributed by atoms with Gasteiger partial charge in [0.05, 0.1) is 0 Å². The van der Waals surface area contributed by atoms with Crippen LogP contribution in [-0.2, 0) is 39.9 Å². The van der Waals surface area contributed by atoms with Crippen LogP contribution < -0.4 is 27.0 Å². The maximum atomic E-state index is 14.4. The van der Waals surface area contributed by atoms with E-state index in [2.05, 4.69) is 21.3 Å². The molecule has 1 aliphatic rings. The number of nitrogens with zero attached hydrogens (tertiary/aromatic N) is 2. The molecule has 0 aliphatic carbocycles. The number of carboxylic acid groups (broad SMARTS) is 1. The molecule has 3 rings (SSSR count). The van der Waals surface area contributed by atoms with Crippen LogP contribution >= 0.6 is 0 Å². The van der Waals surface area contributed by atoms with E-state index in [1.165, 1.54) is 9.80 Å². The number of amides is 6. The fourth-order valence-electron chi connectivity index (χ4n) is 7.68. The van der Waals surface area contributed by atoms with E-state index in [0.717, 1.165) is 11.1 Å². The number of benzene rings is 2. The topological polar surface area (TPSA) is 239 Å². The third-order valence-electron chi connectivity index (χ3n) is 11.3. The second-order valence-electron chi connectivity index (χ2n) is 20.4. The summed E-state index contributed by atoms with van der Waals surface area (Å²) in [4.78, 5) is 97.5. The molecule has 17 nitrogen and oxygen atoms in total. The molecule has 1 aliphatic heterocycles. The molecule has 7 N–H and O–H groups in total. The molecule has 17 heteroatoms. The third kappa shape index (κ3) is 19.6. The molecule has 67 heavy (non-hydrogen) atoms. The van der Waals surface area contributed by atoms with Crippen molar-refractivity contribution >= 4 is 41.8 Å². The average molecular weight is 936 g/mol. The molecule has 0 aromatic heterocycles. The summed E-state index contributed by atoms with van der Waals surface area (Å²) < 4.78 is 11.1. The lowest BCUT2D eigenvalue weighted by Gasteiger charge is -2.38. The SMILES string of the molecule is CC(C)C[C@@H](NC(=O)[C@@H](Cc1ccccc1)NC(=O)CN(C[C@@H](c1ccccc1)C(C)C)C(=O)OC(C)(C)C)C(=O)N[C@H](CCCCNC(=O)OC(C)(C)C)C(=O)N1CCC(N)(C(=O)O)CC1.